The van der Waals surface area contributed by atoms with E-state index in [9.17, 15) is 18.0 Å². The van der Waals surface area contributed by atoms with Gasteiger partial charge in [0.1, 0.15) is 11.3 Å². The zero-order chi connectivity index (χ0) is 12.4. The number of carbonyl (C=O) groups is 2. The lowest BCUT2D eigenvalue weighted by Crippen LogP contribution is -2.55. The molecule has 0 aromatic carbocycles. The first-order valence-corrected chi connectivity index (χ1v) is 7.77. The Morgan fingerprint density at radius 1 is 1.50 bits per heavy atom. The van der Waals surface area contributed by atoms with Crippen LogP contribution in [0.2, 0.25) is 0 Å². The molecule has 0 spiro atoms. The predicted molar refractivity (Wildman–Crippen MR) is 60.2 cm³/mol. The summed E-state index contributed by atoms with van der Waals surface area (Å²) in [7, 11) is -3.43. The molecule has 8 heteroatoms. The smallest absolute Gasteiger partial charge is 0.330 e. The zero-order valence-corrected chi connectivity index (χ0v) is 10.4. The molecule has 0 aromatic rings. The number of nitrogens with one attached hydrogen (secondary N) is 1. The van der Waals surface area contributed by atoms with Gasteiger partial charge in [-0.25, -0.2) is 13.2 Å². The number of hydrogen-bond acceptors (Lipinski definition) is 5. The van der Waals surface area contributed by atoms with Crippen LogP contribution in [0.3, 0.4) is 0 Å². The van der Waals surface area contributed by atoms with Gasteiger partial charge in [-0.3, -0.25) is 4.79 Å². The molecule has 16 heavy (non-hydrogen) atoms. The van der Waals surface area contributed by atoms with Crippen LogP contribution in [0.5, 0.6) is 0 Å². The van der Waals surface area contributed by atoms with Crippen molar-refractivity contribution in [3.05, 3.63) is 0 Å². The van der Waals surface area contributed by atoms with Gasteiger partial charge >= 0.3 is 5.97 Å². The minimum Gasteiger partial charge on any atom is -0.479 e. The summed E-state index contributed by atoms with van der Waals surface area (Å²) in [4.78, 5) is 22.4. The summed E-state index contributed by atoms with van der Waals surface area (Å²) in [5, 5.41) is 11.3. The standard InChI is InChI=1S/C8H13NO5S2/c1-16(13,14)4-6(10)9-8(7(11)12)2-3-15-5-8/h2-5H2,1H3,(H,9,10)(H,11,12). The molecule has 6 nitrogen and oxygen atoms in total. The number of hydrogen-bond donors (Lipinski definition) is 2. The first kappa shape index (κ1) is 13.3. The molecule has 1 aliphatic heterocycles. The Kier molecular flexibility index (Phi) is 3.84. The van der Waals surface area contributed by atoms with Gasteiger partial charge in [-0.05, 0) is 12.2 Å². The van der Waals surface area contributed by atoms with E-state index >= 15 is 0 Å². The first-order chi connectivity index (χ1) is 7.25. The molecule has 92 valence electrons. The number of rotatable bonds is 4. The third kappa shape index (κ3) is 3.38. The van der Waals surface area contributed by atoms with Gasteiger partial charge in [-0.1, -0.05) is 0 Å². The van der Waals surface area contributed by atoms with Crippen LogP contribution in [-0.4, -0.2) is 54.5 Å². The Balaban J connectivity index is 2.70. The lowest BCUT2D eigenvalue weighted by atomic mass is 9.99. The molecule has 1 unspecified atom stereocenters. The van der Waals surface area contributed by atoms with E-state index in [4.69, 9.17) is 5.11 Å². The van der Waals surface area contributed by atoms with Crippen molar-refractivity contribution in [2.75, 3.05) is 23.5 Å². The molecular weight excluding hydrogens is 254 g/mol. The van der Waals surface area contributed by atoms with Crippen LogP contribution in [0.15, 0.2) is 0 Å². The van der Waals surface area contributed by atoms with Gasteiger partial charge in [-0.15, -0.1) is 0 Å². The van der Waals surface area contributed by atoms with Gasteiger partial charge in [-0.2, -0.15) is 11.8 Å². The molecule has 1 amide bonds. The Hall–Kier alpha value is -0.760. The SMILES string of the molecule is CS(=O)(=O)CC(=O)NC1(C(=O)O)CCSC1. The topological polar surface area (TPSA) is 101 Å². The van der Waals surface area contributed by atoms with Crippen molar-refractivity contribution in [1.82, 2.24) is 5.32 Å². The summed E-state index contributed by atoms with van der Waals surface area (Å²) < 4.78 is 21.8. The molecule has 0 bridgehead atoms. The highest BCUT2D eigenvalue weighted by Crippen LogP contribution is 2.28. The van der Waals surface area contributed by atoms with E-state index < -0.39 is 33.0 Å². The number of sulfone groups is 1. The van der Waals surface area contributed by atoms with Crippen LogP contribution in [-0.2, 0) is 19.4 Å². The normalized spacial score (nSPS) is 25.3. The Morgan fingerprint density at radius 3 is 2.50 bits per heavy atom. The molecule has 1 atom stereocenters. The number of thioether (sulfide) groups is 1. The Bertz CT molecular complexity index is 397. The molecule has 1 fully saturated rings. The maximum atomic E-state index is 11.4. The highest BCUT2D eigenvalue weighted by molar-refractivity contribution is 7.99. The van der Waals surface area contributed by atoms with Crippen LogP contribution >= 0.6 is 11.8 Å². The van der Waals surface area contributed by atoms with Crippen LogP contribution < -0.4 is 5.32 Å². The molecule has 1 saturated heterocycles. The predicted octanol–water partition coefficient (Wildman–Crippen LogP) is -0.892. The molecular formula is C8H13NO5S2. The van der Waals surface area contributed by atoms with E-state index in [-0.39, 0.29) is 5.75 Å². The van der Waals surface area contributed by atoms with Crippen LogP contribution in [0, 0.1) is 0 Å². The van der Waals surface area contributed by atoms with E-state index in [1.165, 1.54) is 11.8 Å². The van der Waals surface area contributed by atoms with Crippen molar-refractivity contribution in [1.29, 1.82) is 0 Å². The number of amides is 1. The number of carboxylic acid groups (broad SMARTS) is 1. The molecule has 0 saturated carbocycles. The van der Waals surface area contributed by atoms with Crippen molar-refractivity contribution < 1.29 is 23.1 Å². The molecule has 1 rings (SSSR count). The Labute approximate surface area is 97.7 Å². The minimum atomic E-state index is -3.43. The molecule has 0 aliphatic carbocycles. The first-order valence-electron chi connectivity index (χ1n) is 4.55. The fourth-order valence-electron chi connectivity index (χ4n) is 1.43. The lowest BCUT2D eigenvalue weighted by molar-refractivity contribution is -0.146. The number of carboxylic acids is 1. The molecule has 1 heterocycles. The average molecular weight is 267 g/mol. The van der Waals surface area contributed by atoms with Crippen molar-refractivity contribution >= 4 is 33.5 Å². The summed E-state index contributed by atoms with van der Waals surface area (Å²) in [6, 6.07) is 0. The maximum Gasteiger partial charge on any atom is 0.330 e. The lowest BCUT2D eigenvalue weighted by Gasteiger charge is -2.24. The molecule has 1 aliphatic rings. The monoisotopic (exact) mass is 267 g/mol. The van der Waals surface area contributed by atoms with E-state index in [2.05, 4.69) is 5.32 Å². The van der Waals surface area contributed by atoms with Gasteiger partial charge < -0.3 is 10.4 Å². The molecule has 0 aromatic heterocycles. The summed E-state index contributed by atoms with van der Waals surface area (Å²) >= 11 is 1.42. The van der Waals surface area contributed by atoms with Crippen molar-refractivity contribution in [2.24, 2.45) is 0 Å². The van der Waals surface area contributed by atoms with Gasteiger partial charge in [0.05, 0.1) is 0 Å². The van der Waals surface area contributed by atoms with Gasteiger partial charge in [0.2, 0.25) is 5.91 Å². The summed E-state index contributed by atoms with van der Waals surface area (Å²) in [6.07, 6.45) is 1.26. The van der Waals surface area contributed by atoms with Gasteiger partial charge in [0, 0.05) is 12.0 Å². The highest BCUT2D eigenvalue weighted by atomic mass is 32.2. The summed E-state index contributed by atoms with van der Waals surface area (Å²) in [6.45, 7) is 0. The van der Waals surface area contributed by atoms with Crippen molar-refractivity contribution in [3.8, 4) is 0 Å². The highest BCUT2D eigenvalue weighted by Gasteiger charge is 2.43. The van der Waals surface area contributed by atoms with Crippen LogP contribution in [0.1, 0.15) is 6.42 Å². The summed E-state index contributed by atoms with van der Waals surface area (Å²) in [5.74, 6) is -1.62. The second kappa shape index (κ2) is 4.62. The minimum absolute atomic E-state index is 0.276. The fourth-order valence-corrected chi connectivity index (χ4v) is 3.30. The van der Waals surface area contributed by atoms with E-state index in [0.717, 1.165) is 6.26 Å². The second-order valence-corrected chi connectivity index (χ2v) is 7.05. The second-order valence-electron chi connectivity index (χ2n) is 3.81. The quantitative estimate of drug-likeness (QED) is 0.685. The largest absolute Gasteiger partial charge is 0.479 e. The number of aliphatic carboxylic acids is 1. The van der Waals surface area contributed by atoms with E-state index in [1.54, 1.807) is 0 Å². The van der Waals surface area contributed by atoms with Crippen molar-refractivity contribution in [2.45, 2.75) is 12.0 Å². The summed E-state index contributed by atoms with van der Waals surface area (Å²) in [5.41, 5.74) is -1.30. The van der Waals surface area contributed by atoms with Crippen molar-refractivity contribution in [3.63, 3.8) is 0 Å². The van der Waals surface area contributed by atoms with Crippen LogP contribution in [0.25, 0.3) is 0 Å². The molecule has 0 radical (unpaired) electrons. The number of carbonyl (C=O) groups excluding carboxylic acids is 1. The zero-order valence-electron chi connectivity index (χ0n) is 8.73. The fraction of sp³-hybridized carbons (Fsp3) is 0.750. The van der Waals surface area contributed by atoms with Gasteiger partial charge in [0.15, 0.2) is 9.84 Å². The van der Waals surface area contributed by atoms with Gasteiger partial charge in [0.25, 0.3) is 0 Å². The molecule has 2 N–H and O–H groups in total. The average Bonchev–Trinajstić information content (AvgIpc) is 2.49. The third-order valence-electron chi connectivity index (χ3n) is 2.20. The van der Waals surface area contributed by atoms with E-state index in [1.807, 2.05) is 0 Å². The third-order valence-corrected chi connectivity index (χ3v) is 4.18. The maximum absolute atomic E-state index is 11.4. The van der Waals surface area contributed by atoms with Crippen LogP contribution in [0.4, 0.5) is 0 Å². The van der Waals surface area contributed by atoms with E-state index in [0.29, 0.717) is 12.2 Å². The Morgan fingerprint density at radius 2 is 2.12 bits per heavy atom.